The molecule has 1 atom stereocenters. The average molecular weight is 326 g/mol. The molecule has 0 spiro atoms. The smallest absolute Gasteiger partial charge is 0.395 e. The van der Waals surface area contributed by atoms with Gasteiger partial charge in [-0.2, -0.15) is 13.2 Å². The fraction of sp³-hybridized carbons (Fsp3) is 0.333. The van der Waals surface area contributed by atoms with Crippen LogP contribution in [-0.4, -0.2) is 41.4 Å². The molecule has 0 aromatic heterocycles. The van der Waals surface area contributed by atoms with Crippen molar-refractivity contribution in [3.63, 3.8) is 0 Å². The summed E-state index contributed by atoms with van der Waals surface area (Å²) in [4.78, 5) is 22.4. The number of rotatable bonds is 5. The minimum Gasteiger partial charge on any atom is -0.478 e. The second-order valence-corrected chi connectivity index (χ2v) is 4.54. The summed E-state index contributed by atoms with van der Waals surface area (Å²) in [5, 5.41) is 19.2. The van der Waals surface area contributed by atoms with Crippen LogP contribution in [0.25, 0.3) is 0 Å². The van der Waals surface area contributed by atoms with Crippen molar-refractivity contribution in [2.24, 2.45) is 5.92 Å². The molecule has 0 fully saturated rings. The third-order valence-electron chi connectivity index (χ3n) is 2.65. The summed E-state index contributed by atoms with van der Waals surface area (Å²) in [6.07, 6.45) is -4.64. The van der Waals surface area contributed by atoms with Crippen LogP contribution in [0.3, 0.4) is 0 Å². The van der Waals surface area contributed by atoms with E-state index in [0.29, 0.717) is 0 Å². The number of aliphatic hydroxyl groups is 1. The zero-order chi connectivity index (χ0) is 16.2. The third kappa shape index (κ3) is 4.61. The summed E-state index contributed by atoms with van der Waals surface area (Å²) in [6.45, 7) is -1.97. The first kappa shape index (κ1) is 17.3. The monoisotopic (exact) mass is 325 g/mol. The van der Waals surface area contributed by atoms with E-state index in [2.05, 4.69) is 0 Å². The Morgan fingerprint density at radius 1 is 1.33 bits per heavy atom. The number of halogens is 4. The quantitative estimate of drug-likeness (QED) is 0.772. The molecule has 1 amide bonds. The van der Waals surface area contributed by atoms with Gasteiger partial charge in [0.25, 0.3) is 5.91 Å². The van der Waals surface area contributed by atoms with Crippen molar-refractivity contribution >= 4 is 23.5 Å². The lowest BCUT2D eigenvalue weighted by Crippen LogP contribution is -2.38. The van der Waals surface area contributed by atoms with Crippen LogP contribution in [0.2, 0.25) is 5.02 Å². The molecule has 0 aliphatic rings. The van der Waals surface area contributed by atoms with Crippen molar-refractivity contribution < 1.29 is 33.0 Å². The predicted octanol–water partition coefficient (Wildman–Crippen LogP) is 1.94. The number of hydrogen-bond donors (Lipinski definition) is 3. The molecule has 9 heteroatoms. The van der Waals surface area contributed by atoms with E-state index < -0.39 is 37.1 Å². The van der Waals surface area contributed by atoms with Gasteiger partial charge in [0.15, 0.2) is 0 Å². The maximum Gasteiger partial charge on any atom is 0.395 e. The van der Waals surface area contributed by atoms with Gasteiger partial charge in [-0.1, -0.05) is 11.6 Å². The second-order valence-electron chi connectivity index (χ2n) is 4.13. The fourth-order valence-corrected chi connectivity index (χ4v) is 1.69. The number of carbonyl (C=O) groups excluding carboxylic acids is 1. The van der Waals surface area contributed by atoms with Crippen molar-refractivity contribution in [2.75, 3.05) is 13.2 Å². The molecule has 1 aromatic carbocycles. The first-order chi connectivity index (χ1) is 9.66. The zero-order valence-electron chi connectivity index (χ0n) is 10.4. The van der Waals surface area contributed by atoms with Gasteiger partial charge in [0, 0.05) is 6.54 Å². The predicted molar refractivity (Wildman–Crippen MR) is 67.4 cm³/mol. The Morgan fingerprint density at radius 3 is 2.38 bits per heavy atom. The molecule has 0 saturated heterocycles. The fourth-order valence-electron chi connectivity index (χ4n) is 1.43. The molecule has 0 aliphatic carbocycles. The number of carbonyl (C=O) groups is 2. The normalized spacial score (nSPS) is 12.8. The lowest BCUT2D eigenvalue weighted by molar-refractivity contribution is -0.181. The largest absolute Gasteiger partial charge is 0.478 e. The number of aliphatic hydroxyl groups excluding tert-OH is 1. The SMILES string of the molecule is O=C(O)c1ccc(C(=O)NCC(CO)C(F)(F)F)c(Cl)c1. The highest BCUT2D eigenvalue weighted by Gasteiger charge is 2.39. The summed E-state index contributed by atoms with van der Waals surface area (Å²) in [6, 6.07) is 3.23. The lowest BCUT2D eigenvalue weighted by Gasteiger charge is -2.18. The Balaban J connectivity index is 2.79. The van der Waals surface area contributed by atoms with E-state index in [0.717, 1.165) is 18.2 Å². The number of amides is 1. The standard InChI is InChI=1S/C12H11ClF3NO4/c13-9-3-6(11(20)21)1-2-8(9)10(19)17-4-7(5-18)12(14,15)16/h1-3,7,18H,4-5H2,(H,17,19)(H,20,21). The highest BCUT2D eigenvalue weighted by molar-refractivity contribution is 6.34. The van der Waals surface area contributed by atoms with Crippen LogP contribution in [0, 0.1) is 5.92 Å². The first-order valence-corrected chi connectivity index (χ1v) is 6.03. The number of nitrogens with one attached hydrogen (secondary N) is 1. The third-order valence-corrected chi connectivity index (χ3v) is 2.97. The first-order valence-electron chi connectivity index (χ1n) is 5.65. The minimum absolute atomic E-state index is 0.152. The van der Waals surface area contributed by atoms with Gasteiger partial charge in [-0.05, 0) is 18.2 Å². The average Bonchev–Trinajstić information content (AvgIpc) is 2.37. The maximum atomic E-state index is 12.4. The van der Waals surface area contributed by atoms with Crippen LogP contribution in [0.1, 0.15) is 20.7 Å². The molecule has 0 radical (unpaired) electrons. The van der Waals surface area contributed by atoms with Gasteiger partial charge >= 0.3 is 12.1 Å². The molecule has 1 rings (SSSR count). The van der Waals surface area contributed by atoms with Crippen molar-refractivity contribution in [1.82, 2.24) is 5.32 Å². The van der Waals surface area contributed by atoms with Crippen LogP contribution in [-0.2, 0) is 0 Å². The van der Waals surface area contributed by atoms with Crippen molar-refractivity contribution in [2.45, 2.75) is 6.18 Å². The van der Waals surface area contributed by atoms with Crippen LogP contribution in [0.5, 0.6) is 0 Å². The van der Waals surface area contributed by atoms with Gasteiger partial charge in [0.05, 0.1) is 28.7 Å². The van der Waals surface area contributed by atoms with E-state index in [9.17, 15) is 22.8 Å². The van der Waals surface area contributed by atoms with Gasteiger partial charge in [-0.25, -0.2) is 4.79 Å². The molecule has 3 N–H and O–H groups in total. The minimum atomic E-state index is -4.64. The molecule has 5 nitrogen and oxygen atoms in total. The molecule has 0 heterocycles. The van der Waals surface area contributed by atoms with E-state index >= 15 is 0 Å². The molecule has 0 bridgehead atoms. The Morgan fingerprint density at radius 2 is 1.95 bits per heavy atom. The van der Waals surface area contributed by atoms with Gasteiger partial charge in [0.1, 0.15) is 0 Å². The van der Waals surface area contributed by atoms with E-state index in [-0.39, 0.29) is 16.1 Å². The summed E-state index contributed by atoms with van der Waals surface area (Å²) in [5.74, 6) is -4.22. The molecule has 1 unspecified atom stereocenters. The lowest BCUT2D eigenvalue weighted by atomic mass is 10.1. The number of hydrogen-bond acceptors (Lipinski definition) is 3. The van der Waals surface area contributed by atoms with Gasteiger partial charge < -0.3 is 15.5 Å². The Labute approximate surface area is 122 Å². The molecule has 116 valence electrons. The summed E-state index contributed by atoms with van der Waals surface area (Å²) in [5.41, 5.74) is -0.305. The van der Waals surface area contributed by atoms with Crippen molar-refractivity contribution in [1.29, 1.82) is 0 Å². The van der Waals surface area contributed by atoms with Crippen molar-refractivity contribution in [3.05, 3.63) is 34.3 Å². The van der Waals surface area contributed by atoms with Gasteiger partial charge in [0.2, 0.25) is 0 Å². The number of carboxylic acids is 1. The van der Waals surface area contributed by atoms with Crippen LogP contribution in [0.4, 0.5) is 13.2 Å². The van der Waals surface area contributed by atoms with E-state index in [1.165, 1.54) is 0 Å². The van der Waals surface area contributed by atoms with E-state index in [4.69, 9.17) is 21.8 Å². The van der Waals surface area contributed by atoms with E-state index in [1.807, 2.05) is 5.32 Å². The molecule has 0 aliphatic heterocycles. The highest BCUT2D eigenvalue weighted by atomic mass is 35.5. The van der Waals surface area contributed by atoms with E-state index in [1.54, 1.807) is 0 Å². The maximum absolute atomic E-state index is 12.4. The Bertz CT molecular complexity index is 548. The number of carboxylic acid groups (broad SMARTS) is 1. The second kappa shape index (κ2) is 6.77. The summed E-state index contributed by atoms with van der Waals surface area (Å²) >= 11 is 5.71. The van der Waals surface area contributed by atoms with Crippen LogP contribution in [0.15, 0.2) is 18.2 Å². The van der Waals surface area contributed by atoms with Crippen LogP contribution < -0.4 is 5.32 Å². The van der Waals surface area contributed by atoms with Crippen LogP contribution >= 0.6 is 11.6 Å². The molecule has 0 saturated carbocycles. The topological polar surface area (TPSA) is 86.6 Å². The summed E-state index contributed by atoms with van der Waals surface area (Å²) < 4.78 is 37.2. The van der Waals surface area contributed by atoms with Gasteiger partial charge in [-0.15, -0.1) is 0 Å². The molecular weight excluding hydrogens is 315 g/mol. The Hall–Kier alpha value is -1.80. The Kier molecular flexibility index (Phi) is 5.56. The summed E-state index contributed by atoms with van der Waals surface area (Å²) in [7, 11) is 0. The molecule has 1 aromatic rings. The molecule has 21 heavy (non-hydrogen) atoms. The van der Waals surface area contributed by atoms with Gasteiger partial charge in [-0.3, -0.25) is 4.79 Å². The number of aromatic carboxylic acids is 1. The van der Waals surface area contributed by atoms with Crippen molar-refractivity contribution in [3.8, 4) is 0 Å². The molecular formula is C12H11ClF3NO4. The highest BCUT2D eigenvalue weighted by Crippen LogP contribution is 2.25. The number of alkyl halides is 3. The number of benzene rings is 1. The zero-order valence-corrected chi connectivity index (χ0v) is 11.2.